The number of methoxy groups -OCH3 is 2. The molecule has 0 aliphatic carbocycles. The fourth-order valence-corrected chi connectivity index (χ4v) is 3.47. The van der Waals surface area contributed by atoms with Crippen molar-refractivity contribution >= 4 is 23.4 Å². The van der Waals surface area contributed by atoms with E-state index in [0.717, 1.165) is 17.8 Å². The van der Waals surface area contributed by atoms with Crippen molar-refractivity contribution in [1.82, 2.24) is 4.98 Å². The Balaban J connectivity index is 1.78. The summed E-state index contributed by atoms with van der Waals surface area (Å²) < 4.78 is 15.9. The molecule has 1 aliphatic rings. The maximum atomic E-state index is 12.7. The Hall–Kier alpha value is -2.15. The van der Waals surface area contributed by atoms with Crippen molar-refractivity contribution in [3.63, 3.8) is 0 Å². The first-order valence-electron chi connectivity index (χ1n) is 7.24. The average molecular weight is 334 g/mol. The molecule has 1 saturated heterocycles. The highest BCUT2D eigenvalue weighted by molar-refractivity contribution is 8.00. The number of ether oxygens (including phenoxy) is 2. The smallest absolute Gasteiger partial charge is 0.256 e. The quantitative estimate of drug-likeness (QED) is 0.838. The Morgan fingerprint density at radius 1 is 1.26 bits per heavy atom. The van der Waals surface area contributed by atoms with Crippen LogP contribution in [0.4, 0.5) is 5.69 Å². The number of aromatic nitrogens is 1. The van der Waals surface area contributed by atoms with Crippen LogP contribution < -0.4 is 14.4 Å². The third-order valence-corrected chi connectivity index (χ3v) is 4.76. The van der Waals surface area contributed by atoms with E-state index in [4.69, 9.17) is 13.9 Å². The predicted octanol–water partition coefficient (Wildman–Crippen LogP) is 2.90. The van der Waals surface area contributed by atoms with Gasteiger partial charge in [0.25, 0.3) is 5.22 Å². The lowest BCUT2D eigenvalue weighted by Crippen LogP contribution is -2.28. The monoisotopic (exact) mass is 334 g/mol. The van der Waals surface area contributed by atoms with Crippen LogP contribution in [0.1, 0.15) is 12.1 Å². The van der Waals surface area contributed by atoms with E-state index in [9.17, 15) is 4.79 Å². The van der Waals surface area contributed by atoms with Gasteiger partial charge in [0.2, 0.25) is 5.91 Å². The first-order valence-corrected chi connectivity index (χ1v) is 8.12. The number of oxazole rings is 1. The highest BCUT2D eigenvalue weighted by Crippen LogP contribution is 2.35. The summed E-state index contributed by atoms with van der Waals surface area (Å²) in [6, 6.07) is 5.46. The molecule has 0 saturated carbocycles. The van der Waals surface area contributed by atoms with Crippen LogP contribution in [0.25, 0.3) is 0 Å². The topological polar surface area (TPSA) is 64.8 Å². The van der Waals surface area contributed by atoms with Gasteiger partial charge in [-0.25, -0.2) is 4.98 Å². The lowest BCUT2D eigenvalue weighted by atomic mass is 10.2. The largest absolute Gasteiger partial charge is 0.497 e. The summed E-state index contributed by atoms with van der Waals surface area (Å²) in [5, 5.41) is 0.344. The number of thioether (sulfide) groups is 1. The lowest BCUT2D eigenvalue weighted by Gasteiger charge is -2.18. The molecule has 1 amide bonds. The average Bonchev–Trinajstić information content (AvgIpc) is 3.13. The first-order chi connectivity index (χ1) is 11.1. The third-order valence-electron chi connectivity index (χ3n) is 3.65. The predicted molar refractivity (Wildman–Crippen MR) is 87.4 cm³/mol. The van der Waals surface area contributed by atoms with E-state index in [1.807, 2.05) is 19.1 Å². The zero-order valence-electron chi connectivity index (χ0n) is 13.2. The molecule has 1 atom stereocenters. The molecule has 7 heteroatoms. The summed E-state index contributed by atoms with van der Waals surface area (Å²) in [4.78, 5) is 18.7. The molecule has 1 aromatic heterocycles. The van der Waals surface area contributed by atoms with Crippen molar-refractivity contribution < 1.29 is 18.7 Å². The highest BCUT2D eigenvalue weighted by atomic mass is 32.2. The van der Waals surface area contributed by atoms with Gasteiger partial charge in [-0.2, -0.15) is 0 Å². The summed E-state index contributed by atoms with van der Waals surface area (Å²) in [5.74, 6) is 1.36. The van der Waals surface area contributed by atoms with Gasteiger partial charge in [-0.05, 0) is 13.3 Å². The number of benzene rings is 1. The van der Waals surface area contributed by atoms with Crippen molar-refractivity contribution in [3.8, 4) is 11.5 Å². The summed E-state index contributed by atoms with van der Waals surface area (Å²) in [5.41, 5.74) is 1.59. The molecule has 0 radical (unpaired) electrons. The fraction of sp³-hybridized carbons (Fsp3) is 0.375. The molecule has 2 heterocycles. The maximum absolute atomic E-state index is 12.7. The van der Waals surface area contributed by atoms with Crippen molar-refractivity contribution in [3.05, 3.63) is 30.2 Å². The first kappa shape index (κ1) is 15.7. The van der Waals surface area contributed by atoms with Gasteiger partial charge in [-0.3, -0.25) is 4.79 Å². The number of rotatable bonds is 5. The molecule has 1 aliphatic heterocycles. The van der Waals surface area contributed by atoms with Crippen molar-refractivity contribution in [1.29, 1.82) is 0 Å². The van der Waals surface area contributed by atoms with Crippen LogP contribution >= 0.6 is 11.8 Å². The second kappa shape index (κ2) is 6.54. The Bertz CT molecular complexity index is 694. The van der Waals surface area contributed by atoms with E-state index in [1.54, 1.807) is 31.4 Å². The molecular weight excluding hydrogens is 316 g/mol. The Morgan fingerprint density at radius 3 is 2.52 bits per heavy atom. The number of amides is 1. The van der Waals surface area contributed by atoms with Gasteiger partial charge in [0, 0.05) is 24.7 Å². The second-order valence-electron chi connectivity index (χ2n) is 5.21. The standard InChI is InChI=1S/C16H18N2O4S/c1-10-9-22-16(17-10)23-14-4-5-18(15(14)19)11-6-12(20-2)8-13(7-11)21-3/h6-9,14H,4-5H2,1-3H3/t14-/m1/s1. The summed E-state index contributed by atoms with van der Waals surface area (Å²) in [6.45, 7) is 2.51. The van der Waals surface area contributed by atoms with Crippen molar-refractivity contribution in [2.75, 3.05) is 25.7 Å². The number of anilines is 1. The van der Waals surface area contributed by atoms with Crippen LogP contribution in [-0.4, -0.2) is 36.9 Å². The molecule has 23 heavy (non-hydrogen) atoms. The Kier molecular flexibility index (Phi) is 4.47. The minimum Gasteiger partial charge on any atom is -0.497 e. The molecule has 6 nitrogen and oxygen atoms in total. The van der Waals surface area contributed by atoms with E-state index in [1.165, 1.54) is 11.8 Å². The maximum Gasteiger partial charge on any atom is 0.256 e. The van der Waals surface area contributed by atoms with Gasteiger partial charge in [0.05, 0.1) is 30.9 Å². The molecule has 0 bridgehead atoms. The van der Waals surface area contributed by atoms with Crippen LogP contribution in [0.15, 0.2) is 34.1 Å². The minimum atomic E-state index is -0.190. The molecule has 0 spiro atoms. The zero-order chi connectivity index (χ0) is 16.4. The van der Waals surface area contributed by atoms with E-state index < -0.39 is 0 Å². The molecule has 0 unspecified atom stereocenters. The molecule has 122 valence electrons. The molecule has 1 fully saturated rings. The van der Waals surface area contributed by atoms with Gasteiger partial charge in [0.15, 0.2) is 0 Å². The van der Waals surface area contributed by atoms with E-state index >= 15 is 0 Å². The number of carbonyl (C=O) groups excluding carboxylic acids is 1. The van der Waals surface area contributed by atoms with Gasteiger partial charge in [0.1, 0.15) is 17.8 Å². The number of carbonyl (C=O) groups is 1. The fourth-order valence-electron chi connectivity index (χ4n) is 2.48. The van der Waals surface area contributed by atoms with Crippen LogP contribution in [-0.2, 0) is 4.79 Å². The number of aryl methyl sites for hydroxylation is 1. The molecule has 0 N–H and O–H groups in total. The molecule has 3 rings (SSSR count). The highest BCUT2D eigenvalue weighted by Gasteiger charge is 2.34. The van der Waals surface area contributed by atoms with Gasteiger partial charge in [-0.1, -0.05) is 11.8 Å². The van der Waals surface area contributed by atoms with Crippen LogP contribution in [0.3, 0.4) is 0 Å². The number of hydrogen-bond donors (Lipinski definition) is 0. The van der Waals surface area contributed by atoms with Gasteiger partial charge >= 0.3 is 0 Å². The summed E-state index contributed by atoms with van der Waals surface area (Å²) in [6.07, 6.45) is 2.33. The van der Waals surface area contributed by atoms with Crippen molar-refractivity contribution in [2.24, 2.45) is 0 Å². The van der Waals surface area contributed by atoms with Crippen LogP contribution in [0.2, 0.25) is 0 Å². The number of nitrogens with zero attached hydrogens (tertiary/aromatic N) is 2. The van der Waals surface area contributed by atoms with Crippen LogP contribution in [0.5, 0.6) is 11.5 Å². The lowest BCUT2D eigenvalue weighted by molar-refractivity contribution is -0.116. The van der Waals surface area contributed by atoms with E-state index in [-0.39, 0.29) is 11.2 Å². The van der Waals surface area contributed by atoms with Gasteiger partial charge in [-0.15, -0.1) is 0 Å². The van der Waals surface area contributed by atoms with E-state index in [2.05, 4.69) is 4.98 Å². The minimum absolute atomic E-state index is 0.0427. The summed E-state index contributed by atoms with van der Waals surface area (Å²) in [7, 11) is 3.18. The summed E-state index contributed by atoms with van der Waals surface area (Å²) >= 11 is 1.37. The second-order valence-corrected chi connectivity index (χ2v) is 6.36. The van der Waals surface area contributed by atoms with E-state index in [0.29, 0.717) is 23.3 Å². The Morgan fingerprint density at radius 2 is 1.96 bits per heavy atom. The number of hydrogen-bond acceptors (Lipinski definition) is 6. The third kappa shape index (κ3) is 3.29. The molecular formula is C16H18N2O4S. The van der Waals surface area contributed by atoms with Gasteiger partial charge < -0.3 is 18.8 Å². The normalized spacial score (nSPS) is 17.6. The van der Waals surface area contributed by atoms with Crippen LogP contribution in [0, 0.1) is 6.92 Å². The SMILES string of the molecule is COc1cc(OC)cc(N2CC[C@@H](Sc3nc(C)co3)C2=O)c1. The molecule has 1 aromatic carbocycles. The zero-order valence-corrected chi connectivity index (χ0v) is 14.1. The Labute approximate surface area is 138 Å². The molecule has 2 aromatic rings. The van der Waals surface area contributed by atoms with Crippen molar-refractivity contribution in [2.45, 2.75) is 23.8 Å².